The van der Waals surface area contributed by atoms with E-state index in [1.807, 2.05) is 13.8 Å². The van der Waals surface area contributed by atoms with Crippen LogP contribution in [0, 0.1) is 0 Å². The lowest BCUT2D eigenvalue weighted by atomic mass is 10.1. The molecule has 0 aromatic carbocycles. The average Bonchev–Trinajstić information content (AvgIpc) is 2.45. The van der Waals surface area contributed by atoms with E-state index in [4.69, 9.17) is 5.11 Å². The van der Waals surface area contributed by atoms with Crippen molar-refractivity contribution in [1.82, 2.24) is 4.90 Å². The third-order valence-electron chi connectivity index (χ3n) is 2.78. The smallest absolute Gasteiger partial charge is 0.0718 e. The lowest BCUT2D eigenvalue weighted by molar-refractivity contribution is 0.0301. The highest BCUT2D eigenvalue weighted by molar-refractivity contribution is 4.83. The molecule has 3 nitrogen and oxygen atoms in total. The summed E-state index contributed by atoms with van der Waals surface area (Å²) >= 11 is 0. The minimum Gasteiger partial charge on any atom is -0.396 e. The Bertz CT molecular complexity index is 165. The Kier molecular flexibility index (Phi) is 4.35. The molecule has 1 unspecified atom stereocenters. The Morgan fingerprint density at radius 2 is 2.14 bits per heavy atom. The van der Waals surface area contributed by atoms with Crippen molar-refractivity contribution in [3.05, 3.63) is 0 Å². The predicted octanol–water partition coefficient (Wildman–Crippen LogP) is 0.994. The van der Waals surface area contributed by atoms with Crippen LogP contribution in [0.25, 0.3) is 0 Å². The number of hydrogen-bond acceptors (Lipinski definition) is 3. The molecule has 0 aliphatic carbocycles. The number of likely N-dealkylation sites (tertiary alicyclic amines) is 1. The van der Waals surface area contributed by atoms with Gasteiger partial charge in [0, 0.05) is 19.2 Å². The SMILES string of the molecule is CC(C)(O)CN1CCCC1CCCO. The van der Waals surface area contributed by atoms with Gasteiger partial charge in [0.25, 0.3) is 0 Å². The normalized spacial score (nSPS) is 24.4. The summed E-state index contributed by atoms with van der Waals surface area (Å²) in [4.78, 5) is 2.36. The van der Waals surface area contributed by atoms with Gasteiger partial charge in [-0.15, -0.1) is 0 Å². The van der Waals surface area contributed by atoms with E-state index in [-0.39, 0.29) is 6.61 Å². The average molecular weight is 201 g/mol. The maximum Gasteiger partial charge on any atom is 0.0718 e. The fourth-order valence-corrected chi connectivity index (χ4v) is 2.25. The van der Waals surface area contributed by atoms with Crippen molar-refractivity contribution < 1.29 is 10.2 Å². The monoisotopic (exact) mass is 201 g/mol. The van der Waals surface area contributed by atoms with Crippen LogP contribution in [0.4, 0.5) is 0 Å². The third-order valence-corrected chi connectivity index (χ3v) is 2.78. The van der Waals surface area contributed by atoms with E-state index in [1.165, 1.54) is 12.8 Å². The van der Waals surface area contributed by atoms with E-state index in [0.717, 1.165) is 25.9 Å². The molecule has 1 aliphatic heterocycles. The number of rotatable bonds is 5. The quantitative estimate of drug-likeness (QED) is 0.697. The lowest BCUT2D eigenvalue weighted by Gasteiger charge is -2.30. The van der Waals surface area contributed by atoms with Gasteiger partial charge in [-0.3, -0.25) is 4.90 Å². The molecule has 1 atom stereocenters. The second kappa shape index (κ2) is 5.10. The summed E-state index contributed by atoms with van der Waals surface area (Å²) in [5.41, 5.74) is -0.595. The Morgan fingerprint density at radius 3 is 2.71 bits per heavy atom. The van der Waals surface area contributed by atoms with Crippen molar-refractivity contribution in [2.24, 2.45) is 0 Å². The maximum atomic E-state index is 9.73. The highest BCUT2D eigenvalue weighted by Gasteiger charge is 2.28. The molecule has 2 N–H and O–H groups in total. The molecule has 1 saturated heterocycles. The lowest BCUT2D eigenvalue weighted by Crippen LogP contribution is -2.41. The van der Waals surface area contributed by atoms with Crippen LogP contribution in [0.15, 0.2) is 0 Å². The highest BCUT2D eigenvalue weighted by atomic mass is 16.3. The van der Waals surface area contributed by atoms with E-state index in [9.17, 15) is 5.11 Å². The van der Waals surface area contributed by atoms with Gasteiger partial charge in [-0.05, 0) is 46.1 Å². The minimum atomic E-state index is -0.595. The van der Waals surface area contributed by atoms with Gasteiger partial charge in [0.1, 0.15) is 0 Å². The largest absolute Gasteiger partial charge is 0.396 e. The zero-order chi connectivity index (χ0) is 10.6. The summed E-state index contributed by atoms with van der Waals surface area (Å²) in [5, 5.41) is 18.5. The summed E-state index contributed by atoms with van der Waals surface area (Å²) in [6, 6.07) is 0.577. The van der Waals surface area contributed by atoms with Gasteiger partial charge in [0.2, 0.25) is 0 Å². The Morgan fingerprint density at radius 1 is 1.43 bits per heavy atom. The fourth-order valence-electron chi connectivity index (χ4n) is 2.25. The maximum absolute atomic E-state index is 9.73. The molecular formula is C11H23NO2. The summed E-state index contributed by atoms with van der Waals surface area (Å²) < 4.78 is 0. The second-order valence-corrected chi connectivity index (χ2v) is 4.94. The molecule has 0 aromatic rings. The molecule has 0 saturated carbocycles. The standard InChI is InChI=1S/C11H23NO2/c1-11(2,14)9-12-7-3-5-10(12)6-4-8-13/h10,13-14H,3-9H2,1-2H3. The molecular weight excluding hydrogens is 178 g/mol. The first-order valence-corrected chi connectivity index (χ1v) is 5.60. The molecule has 0 amide bonds. The van der Waals surface area contributed by atoms with Crippen molar-refractivity contribution in [2.75, 3.05) is 19.7 Å². The van der Waals surface area contributed by atoms with Crippen molar-refractivity contribution in [3.63, 3.8) is 0 Å². The van der Waals surface area contributed by atoms with Gasteiger partial charge in [0.15, 0.2) is 0 Å². The molecule has 0 bridgehead atoms. The van der Waals surface area contributed by atoms with Crippen molar-refractivity contribution in [1.29, 1.82) is 0 Å². The molecule has 0 spiro atoms. The Hall–Kier alpha value is -0.120. The molecule has 14 heavy (non-hydrogen) atoms. The molecule has 1 fully saturated rings. The van der Waals surface area contributed by atoms with E-state index in [0.29, 0.717) is 6.04 Å². The van der Waals surface area contributed by atoms with Gasteiger partial charge < -0.3 is 10.2 Å². The molecule has 0 radical (unpaired) electrons. The number of β-amino-alcohol motifs (C(OH)–C–C–N with tert-alkyl or cyclic N) is 1. The molecule has 1 aliphatic rings. The number of aliphatic hydroxyl groups excluding tert-OH is 1. The Labute approximate surface area is 86.7 Å². The Balaban J connectivity index is 2.35. The van der Waals surface area contributed by atoms with E-state index in [2.05, 4.69) is 4.90 Å². The topological polar surface area (TPSA) is 43.7 Å². The van der Waals surface area contributed by atoms with Crippen LogP contribution in [-0.4, -0.2) is 46.5 Å². The van der Waals surface area contributed by atoms with Gasteiger partial charge in [0.05, 0.1) is 5.60 Å². The van der Waals surface area contributed by atoms with Crippen molar-refractivity contribution in [3.8, 4) is 0 Å². The third kappa shape index (κ3) is 3.95. The highest BCUT2D eigenvalue weighted by Crippen LogP contribution is 2.23. The minimum absolute atomic E-state index is 0.285. The van der Waals surface area contributed by atoms with Crippen LogP contribution in [0.3, 0.4) is 0 Å². The second-order valence-electron chi connectivity index (χ2n) is 4.94. The first kappa shape index (κ1) is 12.0. The molecule has 1 rings (SSSR count). The first-order valence-electron chi connectivity index (χ1n) is 5.60. The van der Waals surface area contributed by atoms with Gasteiger partial charge >= 0.3 is 0 Å². The zero-order valence-electron chi connectivity index (χ0n) is 9.37. The van der Waals surface area contributed by atoms with Crippen LogP contribution in [0.2, 0.25) is 0 Å². The van der Waals surface area contributed by atoms with E-state index >= 15 is 0 Å². The summed E-state index contributed by atoms with van der Waals surface area (Å²) in [7, 11) is 0. The molecule has 84 valence electrons. The van der Waals surface area contributed by atoms with Crippen molar-refractivity contribution in [2.45, 2.75) is 51.2 Å². The van der Waals surface area contributed by atoms with Crippen LogP contribution in [-0.2, 0) is 0 Å². The van der Waals surface area contributed by atoms with Gasteiger partial charge in [-0.2, -0.15) is 0 Å². The zero-order valence-corrected chi connectivity index (χ0v) is 9.37. The number of nitrogens with zero attached hydrogens (tertiary/aromatic N) is 1. The van der Waals surface area contributed by atoms with Crippen LogP contribution >= 0.6 is 0 Å². The number of hydrogen-bond donors (Lipinski definition) is 2. The predicted molar refractivity (Wildman–Crippen MR) is 57.2 cm³/mol. The summed E-state index contributed by atoms with van der Waals surface area (Å²) in [6.45, 7) is 5.85. The fraction of sp³-hybridized carbons (Fsp3) is 1.00. The number of aliphatic hydroxyl groups is 2. The molecule has 0 aromatic heterocycles. The summed E-state index contributed by atoms with van der Waals surface area (Å²) in [6.07, 6.45) is 4.39. The molecule has 3 heteroatoms. The van der Waals surface area contributed by atoms with Crippen LogP contribution in [0.5, 0.6) is 0 Å². The van der Waals surface area contributed by atoms with Crippen LogP contribution in [0.1, 0.15) is 39.5 Å². The summed E-state index contributed by atoms with van der Waals surface area (Å²) in [5.74, 6) is 0. The van der Waals surface area contributed by atoms with Gasteiger partial charge in [-0.25, -0.2) is 0 Å². The van der Waals surface area contributed by atoms with Crippen molar-refractivity contribution >= 4 is 0 Å². The van der Waals surface area contributed by atoms with Crippen LogP contribution < -0.4 is 0 Å². The van der Waals surface area contributed by atoms with Gasteiger partial charge in [-0.1, -0.05) is 0 Å². The van der Waals surface area contributed by atoms with E-state index < -0.39 is 5.60 Å². The van der Waals surface area contributed by atoms with E-state index in [1.54, 1.807) is 0 Å². The first-order chi connectivity index (χ1) is 6.53. The molecule has 1 heterocycles.